The summed E-state index contributed by atoms with van der Waals surface area (Å²) in [6, 6.07) is 67.5. The average Bonchev–Trinajstić information content (AvgIpc) is 3.57. The van der Waals surface area contributed by atoms with Gasteiger partial charge < -0.3 is 9.32 Å². The van der Waals surface area contributed by atoms with Crippen LogP contribution in [-0.2, 0) is 0 Å². The van der Waals surface area contributed by atoms with E-state index in [0.717, 1.165) is 50.1 Å². The molecule has 0 spiro atoms. The van der Waals surface area contributed by atoms with Gasteiger partial charge in [-0.05, 0) is 85.4 Å². The van der Waals surface area contributed by atoms with E-state index in [1.54, 1.807) is 0 Å². The van der Waals surface area contributed by atoms with Gasteiger partial charge in [0, 0.05) is 22.0 Å². The highest BCUT2D eigenvalue weighted by Crippen LogP contribution is 2.47. The van der Waals surface area contributed by atoms with Gasteiger partial charge in [-0.25, -0.2) is 0 Å². The van der Waals surface area contributed by atoms with Crippen molar-refractivity contribution in [3.8, 4) is 22.3 Å². The highest BCUT2D eigenvalue weighted by molar-refractivity contribution is 6.14. The molecular formula is C48H31NO. The van der Waals surface area contributed by atoms with E-state index in [-0.39, 0.29) is 0 Å². The zero-order valence-corrected chi connectivity index (χ0v) is 27.3. The zero-order valence-electron chi connectivity index (χ0n) is 27.3. The lowest BCUT2D eigenvalue weighted by Crippen LogP contribution is -2.11. The minimum Gasteiger partial charge on any atom is -0.454 e. The van der Waals surface area contributed by atoms with Crippen molar-refractivity contribution in [2.75, 3.05) is 4.90 Å². The molecule has 0 saturated heterocycles. The van der Waals surface area contributed by atoms with Crippen molar-refractivity contribution in [2.45, 2.75) is 0 Å². The molecule has 0 aliphatic carbocycles. The van der Waals surface area contributed by atoms with Crippen LogP contribution in [0, 0.1) is 0 Å². The first-order valence-electron chi connectivity index (χ1n) is 17.1. The summed E-state index contributed by atoms with van der Waals surface area (Å²) >= 11 is 0. The first-order chi connectivity index (χ1) is 24.8. The van der Waals surface area contributed by atoms with E-state index >= 15 is 0 Å². The summed E-state index contributed by atoms with van der Waals surface area (Å²) in [7, 11) is 0. The fourth-order valence-corrected chi connectivity index (χ4v) is 7.78. The number of hydrogen-bond acceptors (Lipinski definition) is 2. The average molecular weight is 638 g/mol. The van der Waals surface area contributed by atoms with Crippen molar-refractivity contribution in [3.05, 3.63) is 188 Å². The van der Waals surface area contributed by atoms with Gasteiger partial charge in [-0.3, -0.25) is 0 Å². The SMILES string of the molecule is c1cc(-c2cc3ccccc3c3ccccc23)cc(N(c2ccccc2-c2cccc3ccccc23)c2cccc3c2oc2ccccc23)c1. The predicted octanol–water partition coefficient (Wildman–Crippen LogP) is 13.8. The Kier molecular flexibility index (Phi) is 6.53. The molecule has 0 saturated carbocycles. The minimum absolute atomic E-state index is 0.864. The Labute approximate surface area is 290 Å². The number of rotatable bonds is 5. The Hall–Kier alpha value is -6.64. The number of nitrogens with zero attached hydrogens (tertiary/aromatic N) is 1. The Morgan fingerprint density at radius 3 is 1.84 bits per heavy atom. The number of anilines is 3. The van der Waals surface area contributed by atoms with Crippen LogP contribution >= 0.6 is 0 Å². The van der Waals surface area contributed by atoms with Gasteiger partial charge in [-0.1, -0.05) is 152 Å². The standard InChI is InChI=1S/C48H31NO/c1-3-19-36-32(14-1)16-12-25-39(36)41-23-7-9-27-45(41)49(46-28-13-26-43-42-24-8-10-29-47(42)50-48(43)46)35-18-11-17-33(30-35)44-31-34-15-2-4-20-37(34)38-21-5-6-22-40(38)44/h1-31H. The van der Waals surface area contributed by atoms with E-state index < -0.39 is 0 Å². The second-order valence-corrected chi connectivity index (χ2v) is 12.9. The van der Waals surface area contributed by atoms with Crippen LogP contribution in [0.5, 0.6) is 0 Å². The molecule has 0 amide bonds. The summed E-state index contributed by atoms with van der Waals surface area (Å²) in [4.78, 5) is 2.38. The molecule has 2 heteroatoms. The lowest BCUT2D eigenvalue weighted by molar-refractivity contribution is 0.669. The molecule has 0 atom stereocenters. The maximum Gasteiger partial charge on any atom is 0.159 e. The molecule has 10 aromatic rings. The molecule has 1 heterocycles. The molecule has 9 aromatic carbocycles. The summed E-state index contributed by atoms with van der Waals surface area (Å²) in [6.45, 7) is 0. The third kappa shape index (κ3) is 4.50. The molecule has 0 aliphatic rings. The number of fused-ring (bicyclic) bond motifs is 7. The molecule has 0 fully saturated rings. The van der Waals surface area contributed by atoms with Crippen LogP contribution < -0.4 is 4.90 Å². The molecule has 0 bridgehead atoms. The maximum atomic E-state index is 6.70. The second-order valence-electron chi connectivity index (χ2n) is 12.9. The summed E-state index contributed by atoms with van der Waals surface area (Å²) in [6.07, 6.45) is 0. The Morgan fingerprint density at radius 1 is 0.340 bits per heavy atom. The van der Waals surface area contributed by atoms with Crippen LogP contribution in [-0.4, -0.2) is 0 Å². The summed E-state index contributed by atoms with van der Waals surface area (Å²) in [5.74, 6) is 0. The predicted molar refractivity (Wildman–Crippen MR) is 212 cm³/mol. The molecule has 10 rings (SSSR count). The van der Waals surface area contributed by atoms with Crippen LogP contribution in [0.15, 0.2) is 192 Å². The van der Waals surface area contributed by atoms with Crippen molar-refractivity contribution in [3.63, 3.8) is 0 Å². The third-order valence-electron chi connectivity index (χ3n) is 10.0. The highest BCUT2D eigenvalue weighted by atomic mass is 16.3. The Morgan fingerprint density at radius 2 is 0.940 bits per heavy atom. The first kappa shape index (κ1) is 28.4. The van der Waals surface area contributed by atoms with Gasteiger partial charge in [0.25, 0.3) is 0 Å². The Bertz CT molecular complexity index is 2890. The highest BCUT2D eigenvalue weighted by Gasteiger charge is 2.23. The first-order valence-corrected chi connectivity index (χ1v) is 17.1. The van der Waals surface area contributed by atoms with Crippen LogP contribution in [0.3, 0.4) is 0 Å². The smallest absolute Gasteiger partial charge is 0.159 e. The number of furan rings is 1. The maximum absolute atomic E-state index is 6.70. The van der Waals surface area contributed by atoms with Gasteiger partial charge in [0.1, 0.15) is 5.58 Å². The largest absolute Gasteiger partial charge is 0.454 e. The lowest BCUT2D eigenvalue weighted by Gasteiger charge is -2.28. The Balaban J connectivity index is 1.26. The van der Waals surface area contributed by atoms with Crippen molar-refractivity contribution < 1.29 is 4.42 Å². The topological polar surface area (TPSA) is 16.4 Å². The monoisotopic (exact) mass is 637 g/mol. The van der Waals surface area contributed by atoms with Gasteiger partial charge in [-0.15, -0.1) is 0 Å². The number of hydrogen-bond donors (Lipinski definition) is 0. The molecule has 50 heavy (non-hydrogen) atoms. The number of benzene rings is 9. The van der Waals surface area contributed by atoms with Crippen molar-refractivity contribution in [1.82, 2.24) is 0 Å². The molecule has 1 aromatic heterocycles. The van der Waals surface area contributed by atoms with Gasteiger partial charge in [0.15, 0.2) is 5.58 Å². The van der Waals surface area contributed by atoms with Crippen molar-refractivity contribution in [2.24, 2.45) is 0 Å². The summed E-state index contributed by atoms with van der Waals surface area (Å²) in [5, 5.41) is 9.66. The van der Waals surface area contributed by atoms with Gasteiger partial charge in [0.05, 0.1) is 11.4 Å². The van der Waals surface area contributed by atoms with E-state index in [2.05, 4.69) is 187 Å². The molecule has 0 N–H and O–H groups in total. The van der Waals surface area contributed by atoms with Crippen LogP contribution in [0.1, 0.15) is 0 Å². The zero-order chi connectivity index (χ0) is 33.0. The summed E-state index contributed by atoms with van der Waals surface area (Å²) < 4.78 is 6.70. The van der Waals surface area contributed by atoms with Gasteiger partial charge in [0.2, 0.25) is 0 Å². The fraction of sp³-hybridized carbons (Fsp3) is 0. The van der Waals surface area contributed by atoms with Crippen LogP contribution in [0.25, 0.3) is 76.5 Å². The minimum atomic E-state index is 0.864. The molecule has 234 valence electrons. The van der Waals surface area contributed by atoms with E-state index in [1.165, 1.54) is 43.4 Å². The third-order valence-corrected chi connectivity index (χ3v) is 10.0. The van der Waals surface area contributed by atoms with Crippen molar-refractivity contribution in [1.29, 1.82) is 0 Å². The van der Waals surface area contributed by atoms with E-state index in [4.69, 9.17) is 4.42 Å². The lowest BCUT2D eigenvalue weighted by atomic mass is 9.93. The normalized spacial score (nSPS) is 11.6. The second kappa shape index (κ2) is 11.5. The van der Waals surface area contributed by atoms with Gasteiger partial charge >= 0.3 is 0 Å². The molecule has 0 aliphatic heterocycles. The van der Waals surface area contributed by atoms with E-state index in [9.17, 15) is 0 Å². The molecular weight excluding hydrogens is 607 g/mol. The molecule has 2 nitrogen and oxygen atoms in total. The summed E-state index contributed by atoms with van der Waals surface area (Å²) in [5.41, 5.74) is 9.59. The number of para-hydroxylation sites is 3. The van der Waals surface area contributed by atoms with E-state index in [1.807, 2.05) is 6.07 Å². The quantitative estimate of drug-likeness (QED) is 0.175. The van der Waals surface area contributed by atoms with E-state index in [0.29, 0.717) is 0 Å². The van der Waals surface area contributed by atoms with Crippen LogP contribution in [0.2, 0.25) is 0 Å². The molecule has 0 unspecified atom stereocenters. The fourth-order valence-electron chi connectivity index (χ4n) is 7.78. The van der Waals surface area contributed by atoms with Crippen molar-refractivity contribution >= 4 is 71.3 Å². The van der Waals surface area contributed by atoms with Crippen LogP contribution in [0.4, 0.5) is 17.1 Å². The molecule has 0 radical (unpaired) electrons. The van der Waals surface area contributed by atoms with Gasteiger partial charge in [-0.2, -0.15) is 0 Å².